The molecule has 0 spiro atoms. The number of fused-ring (bicyclic) bond motifs is 1. The van der Waals surface area contributed by atoms with Gasteiger partial charge in [-0.3, -0.25) is 9.59 Å². The predicted octanol–water partition coefficient (Wildman–Crippen LogP) is 1.49. The van der Waals surface area contributed by atoms with Crippen LogP contribution in [0.25, 0.3) is 0 Å². The highest BCUT2D eigenvalue weighted by Crippen LogP contribution is 2.26. The highest BCUT2D eigenvalue weighted by atomic mass is 16.5. The van der Waals surface area contributed by atoms with Gasteiger partial charge in [-0.1, -0.05) is 30.3 Å². The van der Waals surface area contributed by atoms with Crippen LogP contribution >= 0.6 is 0 Å². The number of carbonyl (C=O) groups is 3. The molecule has 9 nitrogen and oxygen atoms in total. The van der Waals surface area contributed by atoms with E-state index in [1.807, 2.05) is 30.3 Å². The molecule has 0 radical (unpaired) electrons. The number of nitrogens with zero attached hydrogens (tertiary/aromatic N) is 2. The van der Waals surface area contributed by atoms with Crippen molar-refractivity contribution >= 4 is 23.5 Å². The van der Waals surface area contributed by atoms with Gasteiger partial charge in [-0.05, 0) is 5.56 Å². The highest BCUT2D eigenvalue weighted by molar-refractivity contribution is 5.98. The lowest BCUT2D eigenvalue weighted by Crippen LogP contribution is -2.70. The second kappa shape index (κ2) is 9.17. The third kappa shape index (κ3) is 4.46. The fourth-order valence-electron chi connectivity index (χ4n) is 4.06. The van der Waals surface area contributed by atoms with Crippen molar-refractivity contribution in [3.8, 4) is 11.5 Å². The quantitative estimate of drug-likeness (QED) is 0.737. The summed E-state index contributed by atoms with van der Waals surface area (Å²) >= 11 is 0. The summed E-state index contributed by atoms with van der Waals surface area (Å²) < 4.78 is 10.5. The molecule has 9 heteroatoms. The molecule has 0 bridgehead atoms. The highest BCUT2D eigenvalue weighted by Gasteiger charge is 2.44. The maximum absolute atomic E-state index is 13.0. The van der Waals surface area contributed by atoms with Gasteiger partial charge in [0.25, 0.3) is 0 Å². The molecule has 2 aromatic carbocycles. The van der Waals surface area contributed by atoms with Crippen LogP contribution in [0.3, 0.4) is 0 Å². The van der Waals surface area contributed by atoms with E-state index in [1.54, 1.807) is 23.1 Å². The van der Waals surface area contributed by atoms with Gasteiger partial charge in [-0.15, -0.1) is 0 Å². The van der Waals surface area contributed by atoms with E-state index in [4.69, 9.17) is 9.47 Å². The number of rotatable bonds is 5. The van der Waals surface area contributed by atoms with Crippen LogP contribution in [0.4, 0.5) is 10.5 Å². The standard InChI is InChI=1S/C23H26N4O5/c1-31-17-11-16(12-18(13-17)32-2)24-23(30)26-8-9-27-20(14-26)21(28)25-19(22(27)29)10-15-6-4-3-5-7-15/h3-7,11-13,19-20H,8-10,14H2,1-2H3,(H,24,30)(H,25,28)/t19-,20+/m1/s1. The molecule has 32 heavy (non-hydrogen) atoms. The number of ether oxygens (including phenoxy) is 2. The minimum atomic E-state index is -0.700. The Labute approximate surface area is 186 Å². The third-order valence-corrected chi connectivity index (χ3v) is 5.75. The summed E-state index contributed by atoms with van der Waals surface area (Å²) in [7, 11) is 3.06. The van der Waals surface area contributed by atoms with Crippen LogP contribution in [-0.2, 0) is 16.0 Å². The van der Waals surface area contributed by atoms with E-state index in [2.05, 4.69) is 10.6 Å². The molecule has 2 aliphatic heterocycles. The number of methoxy groups -OCH3 is 2. The summed E-state index contributed by atoms with van der Waals surface area (Å²) in [6.45, 7) is 0.764. The van der Waals surface area contributed by atoms with Crippen molar-refractivity contribution in [3.05, 3.63) is 54.1 Å². The lowest BCUT2D eigenvalue weighted by atomic mass is 9.99. The number of urea groups is 1. The van der Waals surface area contributed by atoms with E-state index in [0.29, 0.717) is 36.7 Å². The molecule has 0 unspecified atom stereocenters. The van der Waals surface area contributed by atoms with Gasteiger partial charge in [0, 0.05) is 43.4 Å². The smallest absolute Gasteiger partial charge is 0.321 e. The van der Waals surface area contributed by atoms with Gasteiger partial charge in [0.05, 0.1) is 20.8 Å². The van der Waals surface area contributed by atoms with Crippen LogP contribution in [0.15, 0.2) is 48.5 Å². The molecule has 2 saturated heterocycles. The predicted molar refractivity (Wildman–Crippen MR) is 118 cm³/mol. The van der Waals surface area contributed by atoms with Crippen LogP contribution in [0.2, 0.25) is 0 Å². The third-order valence-electron chi connectivity index (χ3n) is 5.75. The van der Waals surface area contributed by atoms with Crippen LogP contribution in [0.5, 0.6) is 11.5 Å². The number of amides is 4. The minimum absolute atomic E-state index is 0.115. The Bertz CT molecular complexity index is 990. The summed E-state index contributed by atoms with van der Waals surface area (Å²) in [5, 5.41) is 5.65. The van der Waals surface area contributed by atoms with Crippen molar-refractivity contribution in [1.82, 2.24) is 15.1 Å². The fourth-order valence-corrected chi connectivity index (χ4v) is 4.06. The number of piperazine rings is 2. The molecular weight excluding hydrogens is 412 g/mol. The molecular formula is C23H26N4O5. The SMILES string of the molecule is COc1cc(NC(=O)N2CCN3C(=O)[C@@H](Cc4ccccc4)NC(=O)[C@@H]3C2)cc(OC)c1. The maximum Gasteiger partial charge on any atom is 0.321 e. The monoisotopic (exact) mass is 438 g/mol. The van der Waals surface area contributed by atoms with E-state index >= 15 is 0 Å². The second-order valence-corrected chi connectivity index (χ2v) is 7.78. The number of nitrogens with one attached hydrogen (secondary N) is 2. The minimum Gasteiger partial charge on any atom is -0.497 e. The van der Waals surface area contributed by atoms with E-state index < -0.39 is 12.1 Å². The summed E-state index contributed by atoms with van der Waals surface area (Å²) in [5.74, 6) is 0.736. The van der Waals surface area contributed by atoms with Crippen LogP contribution in [0.1, 0.15) is 5.56 Å². The average molecular weight is 438 g/mol. The molecule has 2 aliphatic rings. The molecule has 4 rings (SSSR count). The molecule has 0 saturated carbocycles. The van der Waals surface area contributed by atoms with Crippen molar-refractivity contribution in [2.24, 2.45) is 0 Å². The van der Waals surface area contributed by atoms with Gasteiger partial charge in [0.2, 0.25) is 11.8 Å². The molecule has 2 aromatic rings. The fraction of sp³-hybridized carbons (Fsp3) is 0.348. The Kier molecular flexibility index (Phi) is 6.16. The number of benzene rings is 2. The van der Waals surface area contributed by atoms with E-state index in [1.165, 1.54) is 19.1 Å². The summed E-state index contributed by atoms with van der Waals surface area (Å²) in [4.78, 5) is 41.7. The first-order valence-electron chi connectivity index (χ1n) is 10.4. The Balaban J connectivity index is 1.41. The number of carbonyl (C=O) groups excluding carboxylic acids is 3. The molecule has 0 aliphatic carbocycles. The van der Waals surface area contributed by atoms with Crippen molar-refractivity contribution < 1.29 is 23.9 Å². The second-order valence-electron chi connectivity index (χ2n) is 7.78. The van der Waals surface area contributed by atoms with Gasteiger partial charge in [0.15, 0.2) is 0 Å². The van der Waals surface area contributed by atoms with E-state index in [0.717, 1.165) is 5.56 Å². The van der Waals surface area contributed by atoms with Crippen molar-refractivity contribution in [2.75, 3.05) is 39.2 Å². The summed E-state index contributed by atoms with van der Waals surface area (Å²) in [6.07, 6.45) is 0.441. The lowest BCUT2D eigenvalue weighted by Gasteiger charge is -2.45. The zero-order valence-corrected chi connectivity index (χ0v) is 18.0. The molecule has 2 N–H and O–H groups in total. The molecule has 4 amide bonds. The first-order chi connectivity index (χ1) is 15.5. The van der Waals surface area contributed by atoms with Gasteiger partial charge in [-0.2, -0.15) is 0 Å². The first-order valence-corrected chi connectivity index (χ1v) is 10.4. The molecule has 2 atom stereocenters. The average Bonchev–Trinajstić information content (AvgIpc) is 2.82. The summed E-state index contributed by atoms with van der Waals surface area (Å²) in [5.41, 5.74) is 1.50. The Hall–Kier alpha value is -3.75. The largest absolute Gasteiger partial charge is 0.497 e. The zero-order valence-electron chi connectivity index (χ0n) is 18.0. The molecule has 0 aromatic heterocycles. The van der Waals surface area contributed by atoms with Gasteiger partial charge >= 0.3 is 6.03 Å². The van der Waals surface area contributed by atoms with Crippen LogP contribution in [-0.4, -0.2) is 73.6 Å². The zero-order chi connectivity index (χ0) is 22.7. The molecule has 2 heterocycles. The Morgan fingerprint density at radius 1 is 1.06 bits per heavy atom. The van der Waals surface area contributed by atoms with Gasteiger partial charge in [0.1, 0.15) is 23.6 Å². The van der Waals surface area contributed by atoms with Crippen molar-refractivity contribution in [2.45, 2.75) is 18.5 Å². The van der Waals surface area contributed by atoms with Crippen LogP contribution in [0, 0.1) is 0 Å². The number of hydrogen-bond donors (Lipinski definition) is 2. The maximum atomic E-state index is 13.0. The van der Waals surface area contributed by atoms with Gasteiger partial charge < -0.3 is 29.9 Å². The number of hydrogen-bond acceptors (Lipinski definition) is 5. The molecule has 2 fully saturated rings. The number of anilines is 1. The van der Waals surface area contributed by atoms with Crippen molar-refractivity contribution in [1.29, 1.82) is 0 Å². The van der Waals surface area contributed by atoms with E-state index in [-0.39, 0.29) is 24.4 Å². The Morgan fingerprint density at radius 2 is 1.75 bits per heavy atom. The van der Waals surface area contributed by atoms with Gasteiger partial charge in [-0.25, -0.2) is 4.79 Å². The topological polar surface area (TPSA) is 100 Å². The van der Waals surface area contributed by atoms with Crippen LogP contribution < -0.4 is 20.1 Å². The summed E-state index contributed by atoms with van der Waals surface area (Å²) in [6, 6.07) is 13.0. The van der Waals surface area contributed by atoms with Crippen molar-refractivity contribution in [3.63, 3.8) is 0 Å². The molecule has 168 valence electrons. The normalized spacial score (nSPS) is 20.3. The lowest BCUT2D eigenvalue weighted by molar-refractivity contribution is -0.152. The first kappa shape index (κ1) is 21.5. The van der Waals surface area contributed by atoms with E-state index in [9.17, 15) is 14.4 Å². The Morgan fingerprint density at radius 3 is 2.41 bits per heavy atom.